The first-order valence-corrected chi connectivity index (χ1v) is 10.5. The van der Waals surface area contributed by atoms with Gasteiger partial charge in [-0.25, -0.2) is 0 Å². The van der Waals surface area contributed by atoms with Crippen LogP contribution in [-0.4, -0.2) is 40.5 Å². The van der Waals surface area contributed by atoms with Crippen LogP contribution in [0.4, 0.5) is 0 Å². The Morgan fingerprint density at radius 1 is 0.652 bits per heavy atom. The number of thiol groups is 1. The fourth-order valence-electron chi connectivity index (χ4n) is 2.81. The van der Waals surface area contributed by atoms with Crippen LogP contribution in [0, 0.1) is 0 Å². The Morgan fingerprint density at radius 3 is 1.26 bits per heavy atom. The van der Waals surface area contributed by atoms with Gasteiger partial charge in [0.2, 0.25) is 4.38 Å². The zero-order valence-corrected chi connectivity index (χ0v) is 16.5. The predicted molar refractivity (Wildman–Crippen MR) is 114 cm³/mol. The molecule has 0 atom stereocenters. The zero-order chi connectivity index (χ0) is 16.3. The maximum atomic E-state index is 5.16. The van der Waals surface area contributed by atoms with Crippen LogP contribution < -0.4 is 0 Å². The first-order chi connectivity index (χ1) is 10.8. The van der Waals surface area contributed by atoms with Gasteiger partial charge in [-0.1, -0.05) is 116 Å². The van der Waals surface area contributed by atoms with E-state index in [9.17, 15) is 0 Å². The normalized spacial score (nSPS) is 10.3. The van der Waals surface area contributed by atoms with Crippen LogP contribution in [0.3, 0.4) is 0 Å². The van der Waals surface area contributed by atoms with E-state index in [0.717, 1.165) is 13.0 Å². The second-order valence-electron chi connectivity index (χ2n) is 6.42. The predicted octanol–water partition coefficient (Wildman–Crippen LogP) is 6.83. The SMILES string of the molecule is CCCCCCCCCCCCCCCCCCOC(=S)S.[NaH]. The molecule has 0 aliphatic rings. The zero-order valence-electron chi connectivity index (χ0n) is 14.8. The quantitative estimate of drug-likeness (QED) is 0.130. The van der Waals surface area contributed by atoms with Crippen LogP contribution in [0.1, 0.15) is 110 Å². The number of rotatable bonds is 17. The third-order valence-electron chi connectivity index (χ3n) is 4.22. The summed E-state index contributed by atoms with van der Waals surface area (Å²) in [6, 6.07) is 0. The van der Waals surface area contributed by atoms with Gasteiger partial charge in [-0.15, -0.1) is 0 Å². The van der Waals surface area contributed by atoms with Crippen molar-refractivity contribution in [1.82, 2.24) is 0 Å². The van der Waals surface area contributed by atoms with E-state index in [4.69, 9.17) is 17.0 Å². The molecule has 4 heteroatoms. The standard InChI is InChI=1S/C19H38OS2.Na.H/c1-2-3-4-5-6-7-8-9-10-11-12-13-14-15-16-17-18-20-19(21)22;;/h2-18H2,1H3,(H,21,22);;. The molecule has 1 nitrogen and oxygen atoms in total. The number of unbranched alkanes of at least 4 members (excludes halogenated alkanes) is 15. The van der Waals surface area contributed by atoms with Crippen LogP contribution in [0.25, 0.3) is 0 Å². The van der Waals surface area contributed by atoms with Crippen molar-refractivity contribution in [3.05, 3.63) is 0 Å². The summed E-state index contributed by atoms with van der Waals surface area (Å²) in [6.07, 6.45) is 22.3. The maximum absolute atomic E-state index is 5.16. The summed E-state index contributed by atoms with van der Waals surface area (Å²) in [6.45, 7) is 3.02. The van der Waals surface area contributed by atoms with Gasteiger partial charge < -0.3 is 4.74 Å². The van der Waals surface area contributed by atoms with Gasteiger partial charge >= 0.3 is 29.6 Å². The van der Waals surface area contributed by atoms with E-state index in [0.29, 0.717) is 4.38 Å². The first kappa shape index (κ1) is 26.5. The molecule has 0 aromatic rings. The molecule has 0 aromatic heterocycles. The van der Waals surface area contributed by atoms with Crippen molar-refractivity contribution in [3.63, 3.8) is 0 Å². The molecule has 23 heavy (non-hydrogen) atoms. The monoisotopic (exact) mass is 370 g/mol. The minimum atomic E-state index is 0. The Kier molecular flexibility index (Phi) is 26.7. The van der Waals surface area contributed by atoms with Gasteiger partial charge in [0.05, 0.1) is 6.61 Å². The molecule has 0 rings (SSSR count). The van der Waals surface area contributed by atoms with Crippen LogP contribution in [0.15, 0.2) is 0 Å². The number of ether oxygens (including phenoxy) is 1. The third kappa shape index (κ3) is 25.6. The van der Waals surface area contributed by atoms with Crippen LogP contribution in [-0.2, 0) is 4.74 Å². The summed E-state index contributed by atoms with van der Waals surface area (Å²) in [5.74, 6) is 0. The van der Waals surface area contributed by atoms with E-state index in [2.05, 4.69) is 19.6 Å². The van der Waals surface area contributed by atoms with E-state index >= 15 is 0 Å². The average molecular weight is 371 g/mol. The summed E-state index contributed by atoms with van der Waals surface area (Å²) in [5.41, 5.74) is 0. The second-order valence-corrected chi connectivity index (χ2v) is 7.50. The minimum absolute atomic E-state index is 0. The molecule has 0 fully saturated rings. The van der Waals surface area contributed by atoms with E-state index in [-0.39, 0.29) is 29.6 Å². The van der Waals surface area contributed by atoms with Gasteiger partial charge in [-0.05, 0) is 18.6 Å². The van der Waals surface area contributed by atoms with Gasteiger partial charge in [0.15, 0.2) is 0 Å². The molecule has 134 valence electrons. The van der Waals surface area contributed by atoms with Gasteiger partial charge in [0.25, 0.3) is 0 Å². The number of hydrogen-bond donors (Lipinski definition) is 1. The summed E-state index contributed by atoms with van der Waals surface area (Å²) in [4.78, 5) is 0. The van der Waals surface area contributed by atoms with E-state index < -0.39 is 0 Å². The van der Waals surface area contributed by atoms with E-state index in [1.165, 1.54) is 96.3 Å². The Bertz CT molecular complexity index is 237. The number of hydrogen-bond acceptors (Lipinski definition) is 2. The number of thiocarbonyl (C=S) groups is 1. The van der Waals surface area contributed by atoms with Crippen molar-refractivity contribution < 1.29 is 4.74 Å². The average Bonchev–Trinajstić information content (AvgIpc) is 2.50. The van der Waals surface area contributed by atoms with E-state index in [1.54, 1.807) is 0 Å². The molecular formula is C19H39NaOS2. The molecule has 0 bridgehead atoms. The Balaban J connectivity index is 0. The molecule has 0 unspecified atom stereocenters. The molecule has 0 N–H and O–H groups in total. The summed E-state index contributed by atoms with van der Waals surface area (Å²) >= 11 is 8.69. The Labute approximate surface area is 178 Å². The summed E-state index contributed by atoms with van der Waals surface area (Å²) in [5, 5.41) is 0. The van der Waals surface area contributed by atoms with Crippen molar-refractivity contribution in [1.29, 1.82) is 0 Å². The first-order valence-electron chi connectivity index (χ1n) is 9.63. The van der Waals surface area contributed by atoms with Gasteiger partial charge in [-0.3, -0.25) is 0 Å². The van der Waals surface area contributed by atoms with Gasteiger partial charge in [-0.2, -0.15) is 0 Å². The fourth-order valence-corrected chi connectivity index (χ4v) is 2.98. The van der Waals surface area contributed by atoms with Crippen molar-refractivity contribution in [2.24, 2.45) is 0 Å². The van der Waals surface area contributed by atoms with Crippen LogP contribution in [0.5, 0.6) is 0 Å². The molecule has 0 amide bonds. The molecule has 0 aliphatic heterocycles. The summed E-state index contributed by atoms with van der Waals surface area (Å²) < 4.78 is 5.53. The van der Waals surface area contributed by atoms with Gasteiger partial charge in [0.1, 0.15) is 0 Å². The van der Waals surface area contributed by atoms with Crippen molar-refractivity contribution in [3.8, 4) is 0 Å². The second kappa shape index (κ2) is 23.2. The Hall–Kier alpha value is 1.24. The fraction of sp³-hybridized carbons (Fsp3) is 0.947. The molecule has 0 heterocycles. The van der Waals surface area contributed by atoms with E-state index in [1.807, 2.05) is 0 Å². The molecule has 0 saturated carbocycles. The molecule has 0 saturated heterocycles. The van der Waals surface area contributed by atoms with Crippen LogP contribution in [0.2, 0.25) is 0 Å². The van der Waals surface area contributed by atoms with Gasteiger partial charge in [0, 0.05) is 0 Å². The van der Waals surface area contributed by atoms with Crippen molar-refractivity contribution in [2.45, 2.75) is 110 Å². The topological polar surface area (TPSA) is 9.23 Å². The Morgan fingerprint density at radius 2 is 0.957 bits per heavy atom. The summed E-state index contributed by atoms with van der Waals surface area (Å²) in [7, 11) is 0. The molecular weight excluding hydrogens is 331 g/mol. The van der Waals surface area contributed by atoms with Crippen molar-refractivity contribution >= 4 is 58.8 Å². The third-order valence-corrected chi connectivity index (χ3v) is 4.47. The molecule has 0 aliphatic carbocycles. The van der Waals surface area contributed by atoms with Crippen LogP contribution >= 0.6 is 24.8 Å². The molecule has 0 spiro atoms. The van der Waals surface area contributed by atoms with Crippen molar-refractivity contribution in [2.75, 3.05) is 6.61 Å². The molecule has 0 aromatic carbocycles. The molecule has 0 radical (unpaired) electrons.